The zero-order valence-corrected chi connectivity index (χ0v) is 18.4. The maximum absolute atomic E-state index is 13.4. The number of anilines is 1. The van der Waals surface area contributed by atoms with Crippen molar-refractivity contribution in [1.82, 2.24) is 0 Å². The average Bonchev–Trinajstić information content (AvgIpc) is 2.86. The second kappa shape index (κ2) is 9.00. The summed E-state index contributed by atoms with van der Waals surface area (Å²) in [6.07, 6.45) is -4.42. The normalized spacial score (nSPS) is 11.2. The lowest BCUT2D eigenvalue weighted by atomic mass is 9.96. The SMILES string of the molecule is O=C(Nc1cccc(C#Cc2cccc(C(F)(F)F)c2)c1)c1c2ccccc2cc2ccccc12. The van der Waals surface area contributed by atoms with Crippen LogP contribution in [0.4, 0.5) is 18.9 Å². The number of nitrogens with one attached hydrogen (secondary N) is 1. The molecule has 0 spiro atoms. The van der Waals surface area contributed by atoms with Crippen molar-refractivity contribution in [2.45, 2.75) is 6.18 Å². The number of fused-ring (bicyclic) bond motifs is 2. The molecule has 0 unspecified atom stereocenters. The van der Waals surface area contributed by atoms with Gasteiger partial charge in [0.25, 0.3) is 5.91 Å². The molecule has 5 aromatic rings. The molecule has 0 bridgehead atoms. The molecule has 1 N–H and O–H groups in total. The summed E-state index contributed by atoms with van der Waals surface area (Å²) in [7, 11) is 0. The Labute approximate surface area is 200 Å². The quantitative estimate of drug-likeness (QED) is 0.210. The summed E-state index contributed by atoms with van der Waals surface area (Å²) in [6.45, 7) is 0. The van der Waals surface area contributed by atoms with E-state index in [9.17, 15) is 18.0 Å². The maximum atomic E-state index is 13.4. The van der Waals surface area contributed by atoms with Crippen molar-refractivity contribution in [3.63, 3.8) is 0 Å². The van der Waals surface area contributed by atoms with Gasteiger partial charge in [0.1, 0.15) is 0 Å². The Morgan fingerprint density at radius 2 is 1.23 bits per heavy atom. The predicted molar refractivity (Wildman–Crippen MR) is 133 cm³/mol. The number of hydrogen-bond donors (Lipinski definition) is 1. The highest BCUT2D eigenvalue weighted by molar-refractivity contribution is 6.21. The smallest absolute Gasteiger partial charge is 0.322 e. The van der Waals surface area contributed by atoms with Gasteiger partial charge in [0.05, 0.1) is 11.1 Å². The van der Waals surface area contributed by atoms with Crippen molar-refractivity contribution >= 4 is 33.1 Å². The van der Waals surface area contributed by atoms with Crippen LogP contribution in [-0.2, 0) is 6.18 Å². The molecule has 0 aliphatic heterocycles. The first-order chi connectivity index (χ1) is 16.9. The first-order valence-electron chi connectivity index (χ1n) is 10.9. The third-order valence-corrected chi connectivity index (χ3v) is 5.66. The highest BCUT2D eigenvalue weighted by Crippen LogP contribution is 2.30. The minimum absolute atomic E-state index is 0.249. The number of halogens is 3. The second-order valence-electron chi connectivity index (χ2n) is 8.06. The number of carbonyl (C=O) groups excluding carboxylic acids is 1. The van der Waals surface area contributed by atoms with Crippen LogP contribution in [0.15, 0.2) is 103 Å². The Balaban J connectivity index is 1.46. The molecule has 170 valence electrons. The van der Waals surface area contributed by atoms with Crippen molar-refractivity contribution in [2.75, 3.05) is 5.32 Å². The van der Waals surface area contributed by atoms with Crippen molar-refractivity contribution in [1.29, 1.82) is 0 Å². The van der Waals surface area contributed by atoms with Crippen molar-refractivity contribution in [3.8, 4) is 11.8 Å². The van der Waals surface area contributed by atoms with Crippen LogP contribution in [0.3, 0.4) is 0 Å². The van der Waals surface area contributed by atoms with Gasteiger partial charge in [0.15, 0.2) is 0 Å². The van der Waals surface area contributed by atoms with Crippen molar-refractivity contribution < 1.29 is 18.0 Å². The molecule has 35 heavy (non-hydrogen) atoms. The second-order valence-corrected chi connectivity index (χ2v) is 8.06. The molecular formula is C30H18F3NO. The third kappa shape index (κ3) is 4.73. The van der Waals surface area contributed by atoms with E-state index in [4.69, 9.17) is 0 Å². The van der Waals surface area contributed by atoms with Gasteiger partial charge < -0.3 is 5.32 Å². The van der Waals surface area contributed by atoms with E-state index in [0.717, 1.165) is 33.7 Å². The van der Waals surface area contributed by atoms with Gasteiger partial charge >= 0.3 is 6.18 Å². The first kappa shape index (κ1) is 22.2. The fraction of sp³-hybridized carbons (Fsp3) is 0.0333. The minimum atomic E-state index is -4.42. The molecule has 0 atom stereocenters. The van der Waals surface area contributed by atoms with E-state index in [1.165, 1.54) is 12.1 Å². The van der Waals surface area contributed by atoms with E-state index in [1.807, 2.05) is 48.5 Å². The zero-order chi connectivity index (χ0) is 24.4. The Hall–Kier alpha value is -4.56. The molecule has 5 aromatic carbocycles. The van der Waals surface area contributed by atoms with Crippen molar-refractivity contribution in [3.05, 3.63) is 125 Å². The van der Waals surface area contributed by atoms with E-state index >= 15 is 0 Å². The fourth-order valence-electron chi connectivity index (χ4n) is 4.04. The molecule has 0 saturated carbocycles. The van der Waals surface area contributed by atoms with Gasteiger partial charge in [-0.25, -0.2) is 0 Å². The largest absolute Gasteiger partial charge is 0.416 e. The summed E-state index contributed by atoms with van der Waals surface area (Å²) >= 11 is 0. The summed E-state index contributed by atoms with van der Waals surface area (Å²) in [5, 5.41) is 6.60. The van der Waals surface area contributed by atoms with Crippen LogP contribution in [0, 0.1) is 11.8 Å². The van der Waals surface area contributed by atoms with Gasteiger partial charge in [0, 0.05) is 16.8 Å². The topological polar surface area (TPSA) is 29.1 Å². The number of benzene rings is 5. The lowest BCUT2D eigenvalue weighted by molar-refractivity contribution is -0.137. The molecule has 2 nitrogen and oxygen atoms in total. The lowest BCUT2D eigenvalue weighted by Crippen LogP contribution is -2.13. The average molecular weight is 465 g/mol. The van der Waals surface area contributed by atoms with Gasteiger partial charge in [-0.1, -0.05) is 72.5 Å². The van der Waals surface area contributed by atoms with E-state index in [-0.39, 0.29) is 11.5 Å². The van der Waals surface area contributed by atoms with Crippen LogP contribution < -0.4 is 5.32 Å². The standard InChI is InChI=1S/C30H18F3NO/c31-30(32,33)24-11-5-7-20(17-24)15-16-21-8-6-12-25(18-21)34-29(35)28-26-13-3-1-9-22(26)19-23-10-2-4-14-27(23)28/h1-14,17-19H,(H,34,35). The predicted octanol–water partition coefficient (Wildman–Crippen LogP) is 7.66. The summed E-state index contributed by atoms with van der Waals surface area (Å²) < 4.78 is 38.9. The summed E-state index contributed by atoms with van der Waals surface area (Å²) in [6, 6.07) is 29.4. The van der Waals surface area contributed by atoms with Gasteiger partial charge in [-0.2, -0.15) is 13.2 Å². The van der Waals surface area contributed by atoms with Crippen LogP contribution >= 0.6 is 0 Å². The highest BCUT2D eigenvalue weighted by atomic mass is 19.4. The maximum Gasteiger partial charge on any atom is 0.416 e. The van der Waals surface area contributed by atoms with Gasteiger partial charge in [-0.15, -0.1) is 0 Å². The highest BCUT2D eigenvalue weighted by Gasteiger charge is 2.30. The Morgan fingerprint density at radius 1 is 0.657 bits per heavy atom. The monoisotopic (exact) mass is 465 g/mol. The minimum Gasteiger partial charge on any atom is -0.322 e. The Bertz CT molecular complexity index is 1590. The molecule has 0 radical (unpaired) electrons. The van der Waals surface area contributed by atoms with Crippen LogP contribution in [0.1, 0.15) is 27.0 Å². The fourth-order valence-corrected chi connectivity index (χ4v) is 4.04. The number of hydrogen-bond acceptors (Lipinski definition) is 1. The van der Waals surface area contributed by atoms with E-state index < -0.39 is 11.7 Å². The van der Waals surface area contributed by atoms with Crippen LogP contribution in [0.5, 0.6) is 0 Å². The Morgan fingerprint density at radius 3 is 1.86 bits per heavy atom. The zero-order valence-electron chi connectivity index (χ0n) is 18.4. The molecule has 0 aromatic heterocycles. The van der Waals surface area contributed by atoms with Gasteiger partial charge in [-0.3, -0.25) is 4.79 Å². The number of rotatable bonds is 2. The number of amides is 1. The molecular weight excluding hydrogens is 447 g/mol. The van der Waals surface area contributed by atoms with Crippen LogP contribution in [0.2, 0.25) is 0 Å². The molecule has 5 rings (SSSR count). The molecule has 1 amide bonds. The molecule has 0 heterocycles. The molecule has 0 fully saturated rings. The number of alkyl halides is 3. The summed E-state index contributed by atoms with van der Waals surface area (Å²) in [4.78, 5) is 13.4. The van der Waals surface area contributed by atoms with E-state index in [2.05, 4.69) is 23.2 Å². The van der Waals surface area contributed by atoms with Gasteiger partial charge in [0.2, 0.25) is 0 Å². The van der Waals surface area contributed by atoms with Crippen molar-refractivity contribution in [2.24, 2.45) is 0 Å². The van der Waals surface area contributed by atoms with Crippen LogP contribution in [-0.4, -0.2) is 5.91 Å². The summed E-state index contributed by atoms with van der Waals surface area (Å²) in [5.74, 6) is 5.41. The first-order valence-corrected chi connectivity index (χ1v) is 10.9. The lowest BCUT2D eigenvalue weighted by Gasteiger charge is -2.12. The van der Waals surface area contributed by atoms with E-state index in [1.54, 1.807) is 24.3 Å². The van der Waals surface area contributed by atoms with E-state index in [0.29, 0.717) is 16.8 Å². The summed E-state index contributed by atoms with van der Waals surface area (Å²) in [5.41, 5.74) is 1.22. The molecule has 0 aliphatic carbocycles. The van der Waals surface area contributed by atoms with Crippen LogP contribution in [0.25, 0.3) is 21.5 Å². The third-order valence-electron chi connectivity index (χ3n) is 5.66. The molecule has 0 saturated heterocycles. The Kier molecular flexibility index (Phi) is 5.72. The number of carbonyl (C=O) groups is 1. The molecule has 5 heteroatoms. The van der Waals surface area contributed by atoms with Gasteiger partial charge in [-0.05, 0) is 64.0 Å². The molecule has 0 aliphatic rings.